The topological polar surface area (TPSA) is 37.3 Å². The first-order valence-corrected chi connectivity index (χ1v) is 3.16. The van der Waals surface area contributed by atoms with Gasteiger partial charge in [-0.3, -0.25) is 4.79 Å². The standard InChI is InChI=1S/C4H8O2.CH5BS/c1-3(5)4(2)6;1-2-3/h3,5H,1-2H3;2-3H,1H3/t3-;/m1./s1/i5T;2D. The fraction of sp³-hybridized carbons (Fsp3) is 0.800. The predicted molar refractivity (Wildman–Crippen MR) is 44.4 cm³/mol. The molecule has 0 aromatic carbocycles. The third-order valence-corrected chi connectivity index (χ3v) is 0.572. The van der Waals surface area contributed by atoms with Crippen LogP contribution >= 0.6 is 12.5 Å². The minimum absolute atomic E-state index is 0.116. The van der Waals surface area contributed by atoms with E-state index in [9.17, 15) is 4.79 Å². The maximum atomic E-state index is 10.1. The van der Waals surface area contributed by atoms with Crippen molar-refractivity contribution >= 4 is 24.8 Å². The van der Waals surface area contributed by atoms with Gasteiger partial charge in [-0.25, -0.2) is 12.5 Å². The molecule has 9 heavy (non-hydrogen) atoms. The van der Waals surface area contributed by atoms with Crippen LogP contribution in [-0.2, 0) is 4.79 Å². The molecule has 0 heterocycles. The van der Waals surface area contributed by atoms with E-state index >= 15 is 0 Å². The average molecular weight is 151 g/mol. The smallest absolute Gasteiger partial charge is 0.211 e. The molecule has 4 heteroatoms. The molecule has 0 unspecified atom stereocenters. The Kier molecular flexibility index (Phi) is 6.40. The van der Waals surface area contributed by atoms with Gasteiger partial charge in [-0.1, -0.05) is 6.82 Å². The van der Waals surface area contributed by atoms with Crippen LogP contribution in [0.2, 0.25) is 6.82 Å². The summed E-state index contributed by atoms with van der Waals surface area (Å²) < 4.78 is 12.7. The highest BCUT2D eigenvalue weighted by Crippen LogP contribution is 1.76. The second-order valence-corrected chi connectivity index (χ2v) is 2.03. The summed E-state index contributed by atoms with van der Waals surface area (Å²) in [7, 11) is 0. The zero-order valence-corrected chi connectivity index (χ0v) is 6.81. The molecule has 0 aliphatic carbocycles. The van der Waals surface area contributed by atoms with Gasteiger partial charge in [0.05, 0.1) is 0 Å². The number of carbonyl (C=O) groups excluding carboxylic acids is 1. The number of hydrogen-bond donors (Lipinski definition) is 2. The highest BCUT2D eigenvalue weighted by molar-refractivity contribution is 8.06. The third kappa shape index (κ3) is 18.0. The van der Waals surface area contributed by atoms with Crippen LogP contribution in [-0.4, -0.2) is 26.3 Å². The second-order valence-electron chi connectivity index (χ2n) is 1.51. The molecule has 0 fully saturated rings. The fourth-order valence-corrected chi connectivity index (χ4v) is 0. The van der Waals surface area contributed by atoms with Crippen molar-refractivity contribution in [2.75, 3.05) is 0 Å². The van der Waals surface area contributed by atoms with E-state index in [-0.39, 0.29) is 12.3 Å². The normalized spacial score (nSPS) is 13.8. The monoisotopic (exact) mass is 151 g/mol. The Labute approximate surface area is 65.1 Å². The van der Waals surface area contributed by atoms with Crippen molar-refractivity contribution < 1.29 is 9.90 Å². The number of thiol groups is 1. The lowest BCUT2D eigenvalue weighted by molar-refractivity contribution is -0.124. The summed E-state index contributed by atoms with van der Waals surface area (Å²) in [6.07, 6.45) is -0.569. The summed E-state index contributed by atoms with van der Waals surface area (Å²) >= 11 is 3.63. The van der Waals surface area contributed by atoms with Crippen LogP contribution in [0.5, 0.6) is 0 Å². The van der Waals surface area contributed by atoms with Gasteiger partial charge >= 0.3 is 0 Å². The van der Waals surface area contributed by atoms with Gasteiger partial charge in [-0.15, -0.1) is 0 Å². The Morgan fingerprint density at radius 2 is 2.56 bits per heavy atom. The zero-order valence-electron chi connectivity index (χ0n) is 7.92. The molecule has 0 bridgehead atoms. The van der Waals surface area contributed by atoms with Crippen LogP contribution in [0, 0.1) is 0 Å². The first kappa shape index (κ1) is 7.16. The maximum Gasteiger partial charge on any atom is 0.211 e. The second kappa shape index (κ2) is 8.04. The van der Waals surface area contributed by atoms with Crippen LogP contribution in [0.3, 0.4) is 0 Å². The Morgan fingerprint density at radius 3 is 2.56 bits per heavy atom. The summed E-state index contributed by atoms with van der Waals surface area (Å²) in [5.74, 6) is -0.116. The van der Waals surface area contributed by atoms with E-state index in [0.29, 0.717) is 0 Å². The van der Waals surface area contributed by atoms with Gasteiger partial charge in [0.15, 0.2) is 12.3 Å². The van der Waals surface area contributed by atoms with Gasteiger partial charge in [0.25, 0.3) is 0 Å². The lowest BCUT2D eigenvalue weighted by Gasteiger charge is -1.90. The minimum atomic E-state index is -0.569. The highest BCUT2D eigenvalue weighted by Gasteiger charge is 1.97. The molecule has 0 amide bonds. The summed E-state index contributed by atoms with van der Waals surface area (Å²) in [4.78, 5) is 10.1. The first-order chi connectivity index (χ1) is 4.91. The van der Waals surface area contributed by atoms with Gasteiger partial charge in [-0.05, 0) is 15.2 Å². The average Bonchev–Trinajstić information content (AvgIpc) is 1.85. The van der Waals surface area contributed by atoms with E-state index in [1.54, 1.807) is 6.82 Å². The molecule has 0 aliphatic rings. The summed E-state index contributed by atoms with van der Waals surface area (Å²) in [6.45, 7) is 4.40. The van der Waals surface area contributed by atoms with Crippen molar-refractivity contribution in [3.8, 4) is 0 Å². The Bertz CT molecular complexity index is 110. The van der Waals surface area contributed by atoms with Gasteiger partial charge in [0.2, 0.25) is 1.43 Å². The largest absolute Gasteiger partial charge is 0.386 e. The van der Waals surface area contributed by atoms with Crippen molar-refractivity contribution in [2.24, 2.45) is 0 Å². The summed E-state index contributed by atoms with van der Waals surface area (Å²) in [6, 6.07) is 0. The third-order valence-electron chi connectivity index (χ3n) is 0.572. The molecule has 54 valence electrons. The lowest BCUT2D eigenvalue weighted by Crippen LogP contribution is -2.10. The van der Waals surface area contributed by atoms with Crippen molar-refractivity contribution in [1.82, 2.24) is 0 Å². The molecule has 0 aromatic rings. The van der Waals surface area contributed by atoms with E-state index in [0.717, 1.165) is 0 Å². The molecule has 0 saturated carbocycles. The number of ketones is 1. The fourth-order valence-electron chi connectivity index (χ4n) is 0. The van der Waals surface area contributed by atoms with Crippen molar-refractivity contribution in [3.63, 3.8) is 0 Å². The zero-order chi connectivity index (χ0) is 9.44. The molecule has 1 atom stereocenters. The van der Waals surface area contributed by atoms with Gasteiger partial charge in [0, 0.05) is 0 Å². The SMILES string of the molecule is [2H]B(C)S.[3H]O[C@H](C)C(C)=O. The minimum Gasteiger partial charge on any atom is -0.386 e. The van der Waals surface area contributed by atoms with Crippen molar-refractivity contribution in [2.45, 2.75) is 26.8 Å². The number of aliphatic hydroxyl groups is 1. The number of aliphatic hydroxyl groups excluding tert-OH is 1. The van der Waals surface area contributed by atoms with Gasteiger partial charge < -0.3 is 5.11 Å². The molecule has 1 N–H and O–H groups in total. The number of carbonyl (C=O) groups is 1. The van der Waals surface area contributed by atoms with E-state index < -0.39 is 6.10 Å². The molecule has 0 aromatic heterocycles. The summed E-state index contributed by atoms with van der Waals surface area (Å²) in [5.41, 5.74) is 0. The molecular formula is C5H13BO2S. The van der Waals surface area contributed by atoms with E-state index in [2.05, 4.69) is 17.6 Å². The summed E-state index contributed by atoms with van der Waals surface area (Å²) in [5, 5.41) is 3.91. The molecule has 2 nitrogen and oxygen atoms in total. The number of rotatable bonds is 2. The van der Waals surface area contributed by atoms with Crippen LogP contribution in [0.25, 0.3) is 0 Å². The molecule has 0 spiro atoms. The van der Waals surface area contributed by atoms with E-state index in [1.165, 1.54) is 13.8 Å². The lowest BCUT2D eigenvalue weighted by atomic mass is 10.2. The van der Waals surface area contributed by atoms with Crippen LogP contribution < -0.4 is 0 Å². The molecule has 0 saturated heterocycles. The van der Waals surface area contributed by atoms with Crippen molar-refractivity contribution in [1.29, 1.82) is 2.77 Å². The van der Waals surface area contributed by atoms with Crippen molar-refractivity contribution in [3.05, 3.63) is 0 Å². The first-order valence-electron chi connectivity index (χ1n) is 3.63. The van der Waals surface area contributed by atoms with E-state index in [4.69, 9.17) is 2.77 Å². The Hall–Kier alpha value is 0.0449. The van der Waals surface area contributed by atoms with Crippen LogP contribution in [0.15, 0.2) is 0 Å². The highest BCUT2D eigenvalue weighted by atomic mass is 32.1. The van der Waals surface area contributed by atoms with Crippen LogP contribution in [0.1, 0.15) is 13.8 Å². The molecule has 0 aliphatic heterocycles. The molecular weight excluding hydrogens is 135 g/mol. The predicted octanol–water partition coefficient (Wildman–Crippen LogP) is 0.272. The molecule has 0 radical (unpaired) electrons. The van der Waals surface area contributed by atoms with Crippen LogP contribution in [0.4, 0.5) is 0 Å². The van der Waals surface area contributed by atoms with Gasteiger partial charge in [0.1, 0.15) is 6.10 Å². The number of Topliss-reactive ketones (excluding diaryl/α,β-unsaturated/α-hetero) is 1. The quantitative estimate of drug-likeness (QED) is 0.439. The molecule has 0 rings (SSSR count). The number of hydrogen-bond acceptors (Lipinski definition) is 3. The Balaban J connectivity index is 0. The maximum absolute atomic E-state index is 10.1. The Morgan fingerprint density at radius 1 is 2.22 bits per heavy atom. The van der Waals surface area contributed by atoms with E-state index in [1.807, 2.05) is 0 Å². The van der Waals surface area contributed by atoms with Gasteiger partial charge in [-0.2, -0.15) is 0 Å².